The summed E-state index contributed by atoms with van der Waals surface area (Å²) >= 11 is 6.01. The Kier molecular flexibility index (Phi) is 6.97. The Morgan fingerprint density at radius 3 is 2.52 bits per heavy atom. The average molecular weight is 333 g/mol. The maximum absolute atomic E-state index is 12.3. The molecule has 4 nitrogen and oxygen atoms in total. The van der Waals surface area contributed by atoms with Crippen molar-refractivity contribution in [1.29, 1.82) is 0 Å². The molecule has 0 spiro atoms. The van der Waals surface area contributed by atoms with Crippen molar-refractivity contribution in [3.63, 3.8) is 0 Å². The molecule has 1 aromatic rings. The molecular weight excluding hydrogens is 308 g/mol. The topological polar surface area (TPSA) is 72.2 Å². The molecule has 0 saturated heterocycles. The molecule has 0 fully saturated rings. The minimum atomic E-state index is -3.58. The van der Waals surface area contributed by atoms with Gasteiger partial charge in [0.2, 0.25) is 10.0 Å². The van der Waals surface area contributed by atoms with E-state index >= 15 is 0 Å². The lowest BCUT2D eigenvalue weighted by Crippen LogP contribution is -2.32. The Labute approximate surface area is 133 Å². The smallest absolute Gasteiger partial charge is 0.240 e. The number of halogens is 1. The van der Waals surface area contributed by atoms with Gasteiger partial charge in [-0.2, -0.15) is 0 Å². The number of nitrogens with two attached hydrogens (primary N) is 1. The lowest BCUT2D eigenvalue weighted by molar-refractivity contribution is 0.522. The van der Waals surface area contributed by atoms with Gasteiger partial charge in [0, 0.05) is 16.8 Å². The molecular formula is C15H25ClN2O2S. The molecule has 1 aromatic carbocycles. The van der Waals surface area contributed by atoms with E-state index in [4.69, 9.17) is 17.3 Å². The highest BCUT2D eigenvalue weighted by molar-refractivity contribution is 7.89. The number of anilines is 1. The second-order valence-electron chi connectivity index (χ2n) is 5.49. The fourth-order valence-electron chi connectivity index (χ4n) is 2.10. The van der Waals surface area contributed by atoms with Gasteiger partial charge in [0.05, 0.1) is 4.90 Å². The fourth-order valence-corrected chi connectivity index (χ4v) is 3.73. The van der Waals surface area contributed by atoms with Crippen molar-refractivity contribution in [3.8, 4) is 0 Å². The van der Waals surface area contributed by atoms with E-state index in [0.29, 0.717) is 16.3 Å². The van der Waals surface area contributed by atoms with Crippen LogP contribution in [0.15, 0.2) is 17.0 Å². The maximum Gasteiger partial charge on any atom is 0.240 e. The van der Waals surface area contributed by atoms with Crippen LogP contribution in [0.1, 0.15) is 51.5 Å². The highest BCUT2D eigenvalue weighted by Crippen LogP contribution is 2.26. The van der Waals surface area contributed by atoms with Crippen LogP contribution in [0, 0.1) is 6.92 Å². The summed E-state index contributed by atoms with van der Waals surface area (Å²) in [4.78, 5) is 0.121. The first-order valence-corrected chi connectivity index (χ1v) is 9.22. The summed E-state index contributed by atoms with van der Waals surface area (Å²) in [7, 11) is -3.58. The van der Waals surface area contributed by atoms with Gasteiger partial charge in [-0.25, -0.2) is 13.1 Å². The molecule has 0 bridgehead atoms. The van der Waals surface area contributed by atoms with Crippen molar-refractivity contribution in [1.82, 2.24) is 4.72 Å². The number of sulfonamides is 1. The molecule has 1 unspecified atom stereocenters. The highest BCUT2D eigenvalue weighted by Gasteiger charge is 2.19. The number of hydrogen-bond donors (Lipinski definition) is 2. The molecule has 6 heteroatoms. The van der Waals surface area contributed by atoms with Gasteiger partial charge in [-0.1, -0.05) is 44.2 Å². The molecule has 0 amide bonds. The van der Waals surface area contributed by atoms with E-state index in [1.165, 1.54) is 25.0 Å². The number of nitrogen functional groups attached to an aromatic ring is 1. The van der Waals surface area contributed by atoms with E-state index in [0.717, 1.165) is 19.3 Å². The lowest BCUT2D eigenvalue weighted by atomic mass is 10.1. The number of hydrogen-bond acceptors (Lipinski definition) is 3. The monoisotopic (exact) mass is 332 g/mol. The van der Waals surface area contributed by atoms with Gasteiger partial charge in [0.15, 0.2) is 0 Å². The predicted molar refractivity (Wildman–Crippen MR) is 89.1 cm³/mol. The zero-order chi connectivity index (χ0) is 16.0. The number of benzene rings is 1. The zero-order valence-corrected chi connectivity index (χ0v) is 14.5. The van der Waals surface area contributed by atoms with Crippen LogP contribution in [0.5, 0.6) is 0 Å². The third-order valence-electron chi connectivity index (χ3n) is 3.52. The third kappa shape index (κ3) is 5.49. The summed E-state index contributed by atoms with van der Waals surface area (Å²) in [6.07, 6.45) is 5.33. The first kappa shape index (κ1) is 18.3. The van der Waals surface area contributed by atoms with Crippen LogP contribution in [0.3, 0.4) is 0 Å². The van der Waals surface area contributed by atoms with Crippen molar-refractivity contribution in [2.45, 2.75) is 63.8 Å². The van der Waals surface area contributed by atoms with Crippen molar-refractivity contribution >= 4 is 27.3 Å². The number of nitrogens with one attached hydrogen (secondary N) is 1. The summed E-state index contributed by atoms with van der Waals surface area (Å²) in [5.41, 5.74) is 6.87. The van der Waals surface area contributed by atoms with Crippen LogP contribution in [0.4, 0.5) is 5.69 Å². The zero-order valence-electron chi connectivity index (χ0n) is 12.9. The summed E-state index contributed by atoms with van der Waals surface area (Å²) < 4.78 is 27.3. The fraction of sp³-hybridized carbons (Fsp3) is 0.600. The SMILES string of the molecule is CCCCCCC(C)NS(=O)(=O)c1cc(N)c(C)c(Cl)c1. The molecule has 0 heterocycles. The van der Waals surface area contributed by atoms with Crippen LogP contribution in [-0.4, -0.2) is 14.5 Å². The van der Waals surface area contributed by atoms with Gasteiger partial charge in [0.25, 0.3) is 0 Å². The molecule has 0 radical (unpaired) electrons. The van der Waals surface area contributed by atoms with Gasteiger partial charge >= 0.3 is 0 Å². The van der Waals surface area contributed by atoms with Crippen molar-refractivity contribution < 1.29 is 8.42 Å². The van der Waals surface area contributed by atoms with E-state index < -0.39 is 10.0 Å². The third-order valence-corrected chi connectivity index (χ3v) is 5.48. The molecule has 1 atom stereocenters. The summed E-state index contributed by atoms with van der Waals surface area (Å²) in [6.45, 7) is 5.79. The Morgan fingerprint density at radius 2 is 1.95 bits per heavy atom. The first-order valence-electron chi connectivity index (χ1n) is 7.36. The van der Waals surface area contributed by atoms with Gasteiger partial charge in [-0.15, -0.1) is 0 Å². The molecule has 3 N–H and O–H groups in total. The van der Waals surface area contributed by atoms with Crippen LogP contribution in [0.2, 0.25) is 5.02 Å². The molecule has 0 aromatic heterocycles. The van der Waals surface area contributed by atoms with Gasteiger partial charge in [0.1, 0.15) is 0 Å². The maximum atomic E-state index is 12.3. The van der Waals surface area contributed by atoms with Gasteiger partial charge in [-0.05, 0) is 38.0 Å². The molecule has 0 aliphatic rings. The minimum absolute atomic E-state index is 0.104. The minimum Gasteiger partial charge on any atom is -0.398 e. The summed E-state index contributed by atoms with van der Waals surface area (Å²) in [5, 5.41) is 0.367. The average Bonchev–Trinajstić information content (AvgIpc) is 2.40. The van der Waals surface area contributed by atoms with Gasteiger partial charge < -0.3 is 5.73 Å². The molecule has 1 rings (SSSR count). The van der Waals surface area contributed by atoms with E-state index in [-0.39, 0.29) is 10.9 Å². The van der Waals surface area contributed by atoms with E-state index in [1.54, 1.807) is 6.92 Å². The lowest BCUT2D eigenvalue weighted by Gasteiger charge is -2.15. The van der Waals surface area contributed by atoms with Crippen molar-refractivity contribution in [2.75, 3.05) is 5.73 Å². The Balaban J connectivity index is 2.73. The van der Waals surface area contributed by atoms with Crippen LogP contribution in [0.25, 0.3) is 0 Å². The predicted octanol–water partition coefficient (Wildman–Crippen LogP) is 3.87. The highest BCUT2D eigenvalue weighted by atomic mass is 35.5. The second kappa shape index (κ2) is 8.01. The molecule has 120 valence electrons. The van der Waals surface area contributed by atoms with E-state index in [1.807, 2.05) is 6.92 Å². The van der Waals surface area contributed by atoms with Crippen molar-refractivity contribution in [2.24, 2.45) is 0 Å². The summed E-state index contributed by atoms with van der Waals surface area (Å²) in [5.74, 6) is 0. The Bertz CT molecular complexity index is 550. The molecule has 0 saturated carbocycles. The largest absolute Gasteiger partial charge is 0.398 e. The van der Waals surface area contributed by atoms with Crippen LogP contribution in [-0.2, 0) is 10.0 Å². The van der Waals surface area contributed by atoms with Gasteiger partial charge in [-0.3, -0.25) is 0 Å². The van der Waals surface area contributed by atoms with Crippen LogP contribution >= 0.6 is 11.6 Å². The standard InChI is InChI=1S/C15H25ClN2O2S/c1-4-5-6-7-8-11(2)18-21(19,20)13-9-14(16)12(3)15(17)10-13/h9-11,18H,4-8,17H2,1-3H3. The summed E-state index contributed by atoms with van der Waals surface area (Å²) in [6, 6.07) is 2.79. The number of unbranched alkanes of at least 4 members (excludes halogenated alkanes) is 3. The first-order chi connectivity index (χ1) is 9.77. The molecule has 0 aliphatic heterocycles. The Hall–Kier alpha value is -0.780. The normalized spacial score (nSPS) is 13.3. The van der Waals surface area contributed by atoms with E-state index in [2.05, 4.69) is 11.6 Å². The quantitative estimate of drug-likeness (QED) is 0.560. The van der Waals surface area contributed by atoms with Crippen molar-refractivity contribution in [3.05, 3.63) is 22.7 Å². The Morgan fingerprint density at radius 1 is 1.29 bits per heavy atom. The van der Waals surface area contributed by atoms with E-state index in [9.17, 15) is 8.42 Å². The number of rotatable bonds is 8. The van der Waals surface area contributed by atoms with Crippen LogP contribution < -0.4 is 10.5 Å². The molecule has 0 aliphatic carbocycles. The molecule has 21 heavy (non-hydrogen) atoms. The second-order valence-corrected chi connectivity index (χ2v) is 7.61.